The zero-order chi connectivity index (χ0) is 18.4. The van der Waals surface area contributed by atoms with Crippen molar-refractivity contribution >= 4 is 17.5 Å². The summed E-state index contributed by atoms with van der Waals surface area (Å²) in [6.45, 7) is 3.01. The topological polar surface area (TPSA) is 76.0 Å². The summed E-state index contributed by atoms with van der Waals surface area (Å²) < 4.78 is 7.42. The van der Waals surface area contributed by atoms with Crippen LogP contribution in [-0.2, 0) is 30.9 Å². The summed E-state index contributed by atoms with van der Waals surface area (Å²) in [5, 5.41) is 8.28. The standard InChI is InChI=1S/C19H18ClN5O2/c20-13-3-1-12(2-4-13)18-14-9-25(6-5-15(14)22-23-18)19(26)16-10-24-7-8-27-11-17(24)21-16/h1-4,10H,5-9,11H2,(H,22,23). The highest BCUT2D eigenvalue weighted by molar-refractivity contribution is 6.30. The fourth-order valence-corrected chi connectivity index (χ4v) is 3.80. The van der Waals surface area contributed by atoms with Crippen LogP contribution in [0, 0.1) is 0 Å². The quantitative estimate of drug-likeness (QED) is 0.738. The van der Waals surface area contributed by atoms with Gasteiger partial charge >= 0.3 is 0 Å². The Morgan fingerprint density at radius 1 is 1.22 bits per heavy atom. The molecule has 138 valence electrons. The van der Waals surface area contributed by atoms with Crippen molar-refractivity contribution in [2.75, 3.05) is 13.2 Å². The van der Waals surface area contributed by atoms with Crippen LogP contribution >= 0.6 is 11.6 Å². The molecule has 2 aromatic heterocycles. The molecule has 0 fully saturated rings. The van der Waals surface area contributed by atoms with Crippen LogP contribution in [0.5, 0.6) is 0 Å². The van der Waals surface area contributed by atoms with E-state index >= 15 is 0 Å². The van der Waals surface area contributed by atoms with E-state index in [1.807, 2.05) is 39.9 Å². The molecule has 8 heteroatoms. The number of aromatic nitrogens is 4. The van der Waals surface area contributed by atoms with E-state index in [0.717, 1.165) is 41.3 Å². The number of carbonyl (C=O) groups is 1. The van der Waals surface area contributed by atoms with Gasteiger partial charge in [0, 0.05) is 47.6 Å². The Kier molecular flexibility index (Phi) is 3.98. The Morgan fingerprint density at radius 3 is 2.89 bits per heavy atom. The van der Waals surface area contributed by atoms with E-state index in [4.69, 9.17) is 16.3 Å². The maximum absolute atomic E-state index is 13.0. The number of H-pyrrole nitrogens is 1. The Balaban J connectivity index is 1.42. The van der Waals surface area contributed by atoms with Crippen LogP contribution in [0.3, 0.4) is 0 Å². The lowest BCUT2D eigenvalue weighted by Crippen LogP contribution is -2.36. The number of aromatic amines is 1. The van der Waals surface area contributed by atoms with Gasteiger partial charge in [0.2, 0.25) is 0 Å². The van der Waals surface area contributed by atoms with Gasteiger partial charge in [0.15, 0.2) is 0 Å². The van der Waals surface area contributed by atoms with Crippen molar-refractivity contribution in [1.29, 1.82) is 0 Å². The largest absolute Gasteiger partial charge is 0.372 e. The van der Waals surface area contributed by atoms with Crippen LogP contribution in [0.25, 0.3) is 11.3 Å². The van der Waals surface area contributed by atoms with Gasteiger partial charge in [-0.05, 0) is 12.1 Å². The van der Waals surface area contributed by atoms with E-state index in [-0.39, 0.29) is 5.91 Å². The molecule has 2 aliphatic rings. The molecule has 2 aliphatic heterocycles. The number of carbonyl (C=O) groups excluding carboxylic acids is 1. The van der Waals surface area contributed by atoms with Gasteiger partial charge < -0.3 is 14.2 Å². The zero-order valence-electron chi connectivity index (χ0n) is 14.6. The Labute approximate surface area is 160 Å². The maximum Gasteiger partial charge on any atom is 0.274 e. The molecular weight excluding hydrogens is 366 g/mol. The second kappa shape index (κ2) is 6.51. The number of ether oxygens (including phenoxy) is 1. The summed E-state index contributed by atoms with van der Waals surface area (Å²) in [7, 11) is 0. The lowest BCUT2D eigenvalue weighted by atomic mass is 10.0. The number of fused-ring (bicyclic) bond motifs is 2. The molecule has 0 spiro atoms. The first-order chi connectivity index (χ1) is 13.2. The normalized spacial score (nSPS) is 16.1. The predicted molar refractivity (Wildman–Crippen MR) is 99.4 cm³/mol. The summed E-state index contributed by atoms with van der Waals surface area (Å²) in [6.07, 6.45) is 2.59. The molecule has 0 saturated heterocycles. The van der Waals surface area contributed by atoms with Crippen molar-refractivity contribution < 1.29 is 9.53 Å². The Morgan fingerprint density at radius 2 is 2.07 bits per heavy atom. The molecule has 1 amide bonds. The number of halogens is 1. The average molecular weight is 384 g/mol. The lowest BCUT2D eigenvalue weighted by molar-refractivity contribution is 0.0728. The Hall–Kier alpha value is -2.64. The highest BCUT2D eigenvalue weighted by Crippen LogP contribution is 2.29. The fourth-order valence-electron chi connectivity index (χ4n) is 3.67. The van der Waals surface area contributed by atoms with E-state index in [2.05, 4.69) is 15.2 Å². The summed E-state index contributed by atoms with van der Waals surface area (Å²) in [5.41, 5.74) is 4.48. The number of hydrogen-bond donors (Lipinski definition) is 1. The third-order valence-corrected chi connectivity index (χ3v) is 5.38. The smallest absolute Gasteiger partial charge is 0.274 e. The first kappa shape index (κ1) is 16.5. The molecule has 7 nitrogen and oxygen atoms in total. The molecule has 0 atom stereocenters. The fraction of sp³-hybridized carbons (Fsp3) is 0.316. The third-order valence-electron chi connectivity index (χ3n) is 5.12. The molecule has 3 aromatic rings. The average Bonchev–Trinajstić information content (AvgIpc) is 3.31. The van der Waals surface area contributed by atoms with E-state index in [1.54, 1.807) is 0 Å². The van der Waals surface area contributed by atoms with E-state index in [1.165, 1.54) is 0 Å². The summed E-state index contributed by atoms with van der Waals surface area (Å²) >= 11 is 5.99. The Bertz CT molecular complexity index is 984. The number of benzene rings is 1. The molecule has 0 unspecified atom stereocenters. The van der Waals surface area contributed by atoms with Gasteiger partial charge in [-0.25, -0.2) is 4.98 Å². The molecule has 27 heavy (non-hydrogen) atoms. The SMILES string of the molecule is O=C(c1cn2c(n1)COCC2)N1CCc2[nH]nc(-c3ccc(Cl)cc3)c2C1. The highest BCUT2D eigenvalue weighted by atomic mass is 35.5. The van der Waals surface area contributed by atoms with Crippen LogP contribution in [0.4, 0.5) is 0 Å². The highest BCUT2D eigenvalue weighted by Gasteiger charge is 2.28. The van der Waals surface area contributed by atoms with Crippen molar-refractivity contribution in [3.63, 3.8) is 0 Å². The first-order valence-corrected chi connectivity index (χ1v) is 9.32. The van der Waals surface area contributed by atoms with Gasteiger partial charge in [-0.15, -0.1) is 0 Å². The minimum Gasteiger partial charge on any atom is -0.372 e. The minimum atomic E-state index is -0.0502. The van der Waals surface area contributed by atoms with Crippen molar-refractivity contribution in [3.8, 4) is 11.3 Å². The molecule has 0 bridgehead atoms. The van der Waals surface area contributed by atoms with Gasteiger partial charge in [-0.1, -0.05) is 23.7 Å². The number of nitrogens with one attached hydrogen (secondary N) is 1. The van der Waals surface area contributed by atoms with Crippen LogP contribution in [0.2, 0.25) is 5.02 Å². The number of rotatable bonds is 2. The summed E-state index contributed by atoms with van der Waals surface area (Å²) in [5.74, 6) is 0.762. The van der Waals surface area contributed by atoms with Crippen LogP contribution in [0.15, 0.2) is 30.5 Å². The molecule has 0 saturated carbocycles. The molecule has 0 radical (unpaired) electrons. The molecular formula is C19H18ClN5O2. The van der Waals surface area contributed by atoms with E-state index in [9.17, 15) is 4.79 Å². The van der Waals surface area contributed by atoms with E-state index < -0.39 is 0 Å². The van der Waals surface area contributed by atoms with Crippen LogP contribution in [0.1, 0.15) is 27.6 Å². The molecule has 0 aliphatic carbocycles. The second-order valence-corrected chi connectivity index (χ2v) is 7.24. The van der Waals surface area contributed by atoms with Gasteiger partial charge in [0.05, 0.1) is 18.8 Å². The summed E-state index contributed by atoms with van der Waals surface area (Å²) in [4.78, 5) is 19.3. The van der Waals surface area contributed by atoms with Crippen molar-refractivity contribution in [3.05, 3.63) is 58.3 Å². The lowest BCUT2D eigenvalue weighted by Gasteiger charge is -2.26. The number of hydrogen-bond acceptors (Lipinski definition) is 4. The number of imidazole rings is 1. The molecule has 4 heterocycles. The molecule has 1 aromatic carbocycles. The number of nitrogens with zero attached hydrogens (tertiary/aromatic N) is 4. The second-order valence-electron chi connectivity index (χ2n) is 6.80. The summed E-state index contributed by atoms with van der Waals surface area (Å²) in [6, 6.07) is 7.59. The number of amides is 1. The monoisotopic (exact) mass is 383 g/mol. The van der Waals surface area contributed by atoms with Crippen molar-refractivity contribution in [2.45, 2.75) is 26.1 Å². The van der Waals surface area contributed by atoms with Gasteiger partial charge in [0.25, 0.3) is 5.91 Å². The first-order valence-electron chi connectivity index (χ1n) is 8.94. The van der Waals surface area contributed by atoms with E-state index in [0.29, 0.717) is 37.0 Å². The van der Waals surface area contributed by atoms with Gasteiger partial charge in [-0.2, -0.15) is 5.10 Å². The minimum absolute atomic E-state index is 0.0502. The van der Waals surface area contributed by atoms with Gasteiger partial charge in [0.1, 0.15) is 18.1 Å². The maximum atomic E-state index is 13.0. The predicted octanol–water partition coefficient (Wildman–Crippen LogP) is 2.66. The zero-order valence-corrected chi connectivity index (χ0v) is 15.4. The van der Waals surface area contributed by atoms with Crippen molar-refractivity contribution in [1.82, 2.24) is 24.6 Å². The van der Waals surface area contributed by atoms with Gasteiger partial charge in [-0.3, -0.25) is 9.89 Å². The molecule has 1 N–H and O–H groups in total. The van der Waals surface area contributed by atoms with Crippen LogP contribution in [-0.4, -0.2) is 43.7 Å². The van der Waals surface area contributed by atoms with Crippen LogP contribution < -0.4 is 0 Å². The van der Waals surface area contributed by atoms with Crippen molar-refractivity contribution in [2.24, 2.45) is 0 Å². The molecule has 5 rings (SSSR count). The third kappa shape index (κ3) is 2.93.